The van der Waals surface area contributed by atoms with Crippen molar-refractivity contribution in [3.8, 4) is 0 Å². The van der Waals surface area contributed by atoms with Crippen LogP contribution in [0.1, 0.15) is 6.92 Å². The number of carbonyl (C=O) groups is 4. The molecule has 4 rings (SSSR count). The third kappa shape index (κ3) is 5.04. The number of nitrogens with one attached hydrogen (secondary N) is 1. The van der Waals surface area contributed by atoms with Crippen molar-refractivity contribution in [2.45, 2.75) is 27.9 Å². The lowest BCUT2D eigenvalue weighted by atomic mass is 10.1. The number of amides is 3. The lowest BCUT2D eigenvalue weighted by Crippen LogP contribution is -2.69. The molecule has 2 unspecified atom stereocenters. The zero-order valence-corrected chi connectivity index (χ0v) is 19.7. The van der Waals surface area contributed by atoms with Gasteiger partial charge in [0.1, 0.15) is 23.5 Å². The van der Waals surface area contributed by atoms with Crippen molar-refractivity contribution < 1.29 is 24.3 Å². The molecule has 33 heavy (non-hydrogen) atoms. The van der Waals surface area contributed by atoms with E-state index in [1.165, 1.54) is 50.9 Å². The number of anilines is 1. The van der Waals surface area contributed by atoms with Crippen LogP contribution < -0.4 is 10.2 Å². The zero-order valence-electron chi connectivity index (χ0n) is 17.3. The molecule has 1 saturated heterocycles. The second-order valence-corrected chi connectivity index (χ2v) is 10.7. The largest absolute Gasteiger partial charge is 0.478 e. The number of β-lactam (4-membered cyclic amide) rings is 1. The topological polar surface area (TPSA) is 133 Å². The standard InChI is InChI=1S/C20H19N5O5S3/c1-11-13(19(29)30)7-25-17(28)16(18(25)33-11)22-14(26)8-24(12-5-3-2-4-6-12)15(27)9-31-20-23-21-10-32-20/h2-7,10-11,16,18H,8-9H2,1H3,(H,22,26)(H,29,30)/t11?,16?,18-/m1/s1. The predicted octanol–water partition coefficient (Wildman–Crippen LogP) is 1.42. The van der Waals surface area contributed by atoms with Gasteiger partial charge in [0, 0.05) is 17.1 Å². The van der Waals surface area contributed by atoms with E-state index < -0.39 is 17.9 Å². The molecule has 172 valence electrons. The van der Waals surface area contributed by atoms with Crippen LogP contribution in [0.5, 0.6) is 0 Å². The summed E-state index contributed by atoms with van der Waals surface area (Å²) in [6.07, 6.45) is 1.34. The van der Waals surface area contributed by atoms with Crippen LogP contribution in [0.25, 0.3) is 0 Å². The smallest absolute Gasteiger partial charge is 0.334 e. The van der Waals surface area contributed by atoms with Gasteiger partial charge in [-0.1, -0.05) is 41.3 Å². The van der Waals surface area contributed by atoms with Crippen molar-refractivity contribution in [3.63, 3.8) is 0 Å². The summed E-state index contributed by atoms with van der Waals surface area (Å²) in [6.45, 7) is 1.49. The number of carboxylic acid groups (broad SMARTS) is 1. The maximum absolute atomic E-state index is 12.9. The Balaban J connectivity index is 1.42. The van der Waals surface area contributed by atoms with E-state index in [1.807, 2.05) is 6.07 Å². The summed E-state index contributed by atoms with van der Waals surface area (Å²) in [5.74, 6) is -2.14. The fourth-order valence-corrected chi connectivity index (χ4v) is 6.12. The summed E-state index contributed by atoms with van der Waals surface area (Å²) in [7, 11) is 0. The highest BCUT2D eigenvalue weighted by Gasteiger charge is 2.51. The molecule has 3 heterocycles. The molecule has 1 fully saturated rings. The van der Waals surface area contributed by atoms with Gasteiger partial charge in [-0.15, -0.1) is 22.0 Å². The molecule has 2 aromatic rings. The molecule has 0 spiro atoms. The Morgan fingerprint density at radius 2 is 2.03 bits per heavy atom. The van der Waals surface area contributed by atoms with Crippen molar-refractivity contribution in [2.24, 2.45) is 0 Å². The summed E-state index contributed by atoms with van der Waals surface area (Å²) in [5.41, 5.74) is 2.28. The van der Waals surface area contributed by atoms with Gasteiger partial charge in [-0.3, -0.25) is 14.4 Å². The van der Waals surface area contributed by atoms with Gasteiger partial charge in [-0.2, -0.15) is 0 Å². The van der Waals surface area contributed by atoms with Gasteiger partial charge < -0.3 is 20.2 Å². The van der Waals surface area contributed by atoms with Crippen LogP contribution in [-0.2, 0) is 19.2 Å². The van der Waals surface area contributed by atoms with Crippen molar-refractivity contribution >= 4 is 64.2 Å². The number of carboxylic acids is 1. The second kappa shape index (κ2) is 9.93. The maximum atomic E-state index is 12.9. The highest BCUT2D eigenvalue weighted by atomic mass is 32.2. The average Bonchev–Trinajstić information content (AvgIpc) is 3.33. The van der Waals surface area contributed by atoms with E-state index in [-0.39, 0.29) is 40.3 Å². The van der Waals surface area contributed by atoms with Gasteiger partial charge in [-0.25, -0.2) is 4.79 Å². The van der Waals surface area contributed by atoms with Crippen molar-refractivity contribution in [2.75, 3.05) is 17.2 Å². The maximum Gasteiger partial charge on any atom is 0.334 e. The number of fused-ring (bicyclic) bond motifs is 1. The van der Waals surface area contributed by atoms with Crippen LogP contribution in [-0.4, -0.2) is 72.9 Å². The van der Waals surface area contributed by atoms with Crippen LogP contribution in [0, 0.1) is 0 Å². The highest BCUT2D eigenvalue weighted by molar-refractivity contribution is 8.01. The van der Waals surface area contributed by atoms with Crippen LogP contribution in [0.15, 0.2) is 52.0 Å². The van der Waals surface area contributed by atoms with Gasteiger partial charge in [-0.05, 0) is 19.1 Å². The number of aromatic nitrogens is 2. The second-order valence-electron chi connectivity index (χ2n) is 7.16. The molecule has 0 bridgehead atoms. The predicted molar refractivity (Wildman–Crippen MR) is 125 cm³/mol. The van der Waals surface area contributed by atoms with E-state index >= 15 is 0 Å². The van der Waals surface area contributed by atoms with Crippen LogP contribution >= 0.6 is 34.9 Å². The number of benzene rings is 1. The number of carbonyl (C=O) groups excluding carboxylic acids is 3. The lowest BCUT2D eigenvalue weighted by molar-refractivity contribution is -0.144. The Morgan fingerprint density at radius 3 is 2.70 bits per heavy atom. The first-order valence-corrected chi connectivity index (χ1v) is 12.6. The molecule has 2 N–H and O–H groups in total. The summed E-state index contributed by atoms with van der Waals surface area (Å²) in [4.78, 5) is 52.2. The number of nitrogens with zero attached hydrogens (tertiary/aromatic N) is 4. The number of aliphatic carboxylic acids is 1. The Morgan fingerprint density at radius 1 is 1.27 bits per heavy atom. The number of para-hydroxylation sites is 1. The first-order chi connectivity index (χ1) is 15.8. The minimum atomic E-state index is -1.07. The molecule has 2 aliphatic heterocycles. The lowest BCUT2D eigenvalue weighted by Gasteiger charge is -2.48. The molecule has 10 nitrogen and oxygen atoms in total. The van der Waals surface area contributed by atoms with Crippen molar-refractivity contribution in [3.05, 3.63) is 47.6 Å². The molecular formula is C20H19N5O5S3. The van der Waals surface area contributed by atoms with Crippen molar-refractivity contribution in [1.82, 2.24) is 20.4 Å². The van der Waals surface area contributed by atoms with Crippen LogP contribution in [0.2, 0.25) is 0 Å². The number of hydrogen-bond acceptors (Lipinski definition) is 9. The van der Waals surface area contributed by atoms with Gasteiger partial charge >= 0.3 is 5.97 Å². The molecule has 2 aliphatic rings. The van der Waals surface area contributed by atoms with E-state index in [0.29, 0.717) is 10.0 Å². The highest BCUT2D eigenvalue weighted by Crippen LogP contribution is 2.40. The monoisotopic (exact) mass is 505 g/mol. The fraction of sp³-hybridized carbons (Fsp3) is 0.300. The molecule has 3 atom stereocenters. The Labute approximate surface area is 201 Å². The number of hydrogen-bond donors (Lipinski definition) is 2. The zero-order chi connectivity index (χ0) is 23.5. The molecule has 0 saturated carbocycles. The van der Waals surface area contributed by atoms with E-state index in [2.05, 4.69) is 15.5 Å². The average molecular weight is 506 g/mol. The molecule has 13 heteroatoms. The molecule has 0 radical (unpaired) electrons. The van der Waals surface area contributed by atoms with Gasteiger partial charge in [0.2, 0.25) is 11.8 Å². The molecular weight excluding hydrogens is 486 g/mol. The summed E-state index contributed by atoms with van der Waals surface area (Å²) >= 11 is 3.86. The SMILES string of the molecule is CC1S[C@@H]2C(NC(=O)CN(C(=O)CSc3nncs3)c3ccccc3)C(=O)N2C=C1C(=O)O. The summed E-state index contributed by atoms with van der Waals surface area (Å²) in [5, 5.41) is 18.9. The molecule has 0 aliphatic carbocycles. The quantitative estimate of drug-likeness (QED) is 0.404. The Hall–Kier alpha value is -2.90. The molecule has 1 aromatic heterocycles. The normalized spacial score (nSPS) is 21.5. The van der Waals surface area contributed by atoms with Gasteiger partial charge in [0.05, 0.1) is 11.3 Å². The minimum Gasteiger partial charge on any atom is -0.478 e. The Bertz CT molecular complexity index is 1090. The van der Waals surface area contributed by atoms with Gasteiger partial charge in [0.15, 0.2) is 4.34 Å². The summed E-state index contributed by atoms with van der Waals surface area (Å²) < 4.78 is 0.651. The third-order valence-corrected chi connectivity index (χ3v) is 8.32. The number of rotatable bonds is 8. The van der Waals surface area contributed by atoms with E-state index in [9.17, 15) is 24.3 Å². The fourth-order valence-electron chi connectivity index (χ4n) is 3.39. The van der Waals surface area contributed by atoms with Crippen LogP contribution in [0.3, 0.4) is 0 Å². The number of thioether (sulfide) groups is 2. The minimum absolute atomic E-state index is 0.0757. The first-order valence-electron chi connectivity index (χ1n) is 9.81. The molecule has 3 amide bonds. The van der Waals surface area contributed by atoms with Crippen molar-refractivity contribution in [1.29, 1.82) is 0 Å². The Kier molecular flexibility index (Phi) is 7.00. The van der Waals surface area contributed by atoms with E-state index in [4.69, 9.17) is 0 Å². The summed E-state index contributed by atoms with van der Waals surface area (Å²) in [6, 6.07) is 8.03. The first kappa shape index (κ1) is 23.3. The molecule has 1 aromatic carbocycles. The van der Waals surface area contributed by atoms with E-state index in [1.54, 1.807) is 36.7 Å². The van der Waals surface area contributed by atoms with Crippen LogP contribution in [0.4, 0.5) is 5.69 Å². The third-order valence-electron chi connectivity index (χ3n) is 5.03. The van der Waals surface area contributed by atoms with E-state index in [0.717, 1.165) is 0 Å². The van der Waals surface area contributed by atoms with Gasteiger partial charge in [0.25, 0.3) is 5.91 Å².